The minimum atomic E-state index is -3.84. The van der Waals surface area contributed by atoms with Crippen LogP contribution in [0.1, 0.15) is 43.1 Å². The van der Waals surface area contributed by atoms with E-state index in [4.69, 9.17) is 9.88 Å². The van der Waals surface area contributed by atoms with E-state index in [0.717, 1.165) is 6.42 Å². The van der Waals surface area contributed by atoms with Crippen molar-refractivity contribution in [1.82, 2.24) is 0 Å². The molecule has 0 radical (unpaired) electrons. The summed E-state index contributed by atoms with van der Waals surface area (Å²) in [5.74, 6) is -0.126. The van der Waals surface area contributed by atoms with Crippen LogP contribution in [-0.2, 0) is 14.8 Å². The van der Waals surface area contributed by atoms with Crippen molar-refractivity contribution in [3.8, 4) is 0 Å². The van der Waals surface area contributed by atoms with Crippen LogP contribution >= 0.6 is 0 Å². The number of sulfonamides is 1. The monoisotopic (exact) mass is 299 g/mol. The van der Waals surface area contributed by atoms with Crippen molar-refractivity contribution in [2.75, 3.05) is 0 Å². The van der Waals surface area contributed by atoms with E-state index in [9.17, 15) is 13.2 Å². The number of esters is 1. The van der Waals surface area contributed by atoms with Gasteiger partial charge in [0, 0.05) is 0 Å². The number of aryl methyl sites for hydroxylation is 1. The molecule has 1 atom stereocenters. The normalized spacial score (nSPS) is 13.3. The highest BCUT2D eigenvalue weighted by atomic mass is 32.2. The van der Waals surface area contributed by atoms with Crippen LogP contribution < -0.4 is 5.14 Å². The van der Waals surface area contributed by atoms with E-state index in [0.29, 0.717) is 11.5 Å². The summed E-state index contributed by atoms with van der Waals surface area (Å²) in [5.41, 5.74) is 0.689. The van der Waals surface area contributed by atoms with Crippen LogP contribution in [0.4, 0.5) is 0 Å². The summed E-state index contributed by atoms with van der Waals surface area (Å²) < 4.78 is 28.1. The third-order valence-electron chi connectivity index (χ3n) is 2.84. The van der Waals surface area contributed by atoms with Crippen molar-refractivity contribution < 1.29 is 17.9 Å². The molecule has 0 saturated carbocycles. The number of hydrogen-bond acceptors (Lipinski definition) is 4. The zero-order chi connectivity index (χ0) is 15.5. The Morgan fingerprint density at radius 1 is 1.30 bits per heavy atom. The lowest BCUT2D eigenvalue weighted by atomic mass is 10.1. The number of hydrogen-bond donors (Lipinski definition) is 1. The van der Waals surface area contributed by atoms with Crippen LogP contribution in [0.15, 0.2) is 23.1 Å². The summed E-state index contributed by atoms with van der Waals surface area (Å²) in [6.07, 6.45) is 0.529. The van der Waals surface area contributed by atoms with Gasteiger partial charge < -0.3 is 4.74 Å². The molecule has 1 aromatic carbocycles. The summed E-state index contributed by atoms with van der Waals surface area (Å²) in [5, 5.41) is 5.11. The Bertz CT molecular complexity index is 593. The summed E-state index contributed by atoms with van der Waals surface area (Å²) in [4.78, 5) is 11.9. The number of benzene rings is 1. The first-order chi connectivity index (χ1) is 9.11. The van der Waals surface area contributed by atoms with E-state index in [1.165, 1.54) is 12.1 Å². The molecule has 0 saturated heterocycles. The first-order valence-electron chi connectivity index (χ1n) is 6.45. The molecule has 20 heavy (non-hydrogen) atoms. The van der Waals surface area contributed by atoms with E-state index >= 15 is 0 Å². The molecule has 0 fully saturated rings. The highest BCUT2D eigenvalue weighted by Crippen LogP contribution is 2.17. The molecule has 0 spiro atoms. The summed E-state index contributed by atoms with van der Waals surface area (Å²) in [6, 6.07) is 4.34. The first-order valence-corrected chi connectivity index (χ1v) is 8.00. The number of nitrogens with two attached hydrogens (primary N) is 1. The smallest absolute Gasteiger partial charge is 0.338 e. The Morgan fingerprint density at radius 2 is 1.90 bits per heavy atom. The Labute approximate surface area is 120 Å². The fraction of sp³-hybridized carbons (Fsp3) is 0.500. The summed E-state index contributed by atoms with van der Waals surface area (Å²) in [6.45, 7) is 7.51. The standard InChI is InChI=1S/C14H21NO4S/c1-9(2)7-11(4)19-14(16)12-6-5-10(3)13(8-12)20(15,17)18/h5-6,8-9,11H,7H2,1-4H3,(H2,15,17,18). The molecule has 1 unspecified atom stereocenters. The lowest BCUT2D eigenvalue weighted by Crippen LogP contribution is -2.18. The average Bonchev–Trinajstić information content (AvgIpc) is 2.26. The van der Waals surface area contributed by atoms with Crippen LogP contribution in [0.3, 0.4) is 0 Å². The fourth-order valence-electron chi connectivity index (χ4n) is 2.00. The number of carbonyl (C=O) groups is 1. The molecular weight excluding hydrogens is 278 g/mol. The molecule has 6 heteroatoms. The predicted octanol–water partition coefficient (Wildman–Crippen LogP) is 2.23. The van der Waals surface area contributed by atoms with Gasteiger partial charge in [-0.3, -0.25) is 0 Å². The maximum absolute atomic E-state index is 12.0. The molecule has 0 aliphatic carbocycles. The lowest BCUT2D eigenvalue weighted by molar-refractivity contribution is 0.0299. The Morgan fingerprint density at radius 3 is 2.40 bits per heavy atom. The first kappa shape index (κ1) is 16.7. The van der Waals surface area contributed by atoms with E-state index in [2.05, 4.69) is 0 Å². The molecular formula is C14H21NO4S. The van der Waals surface area contributed by atoms with Gasteiger partial charge in [0.2, 0.25) is 10.0 Å². The summed E-state index contributed by atoms with van der Waals surface area (Å²) in [7, 11) is -3.84. The topological polar surface area (TPSA) is 86.5 Å². The maximum atomic E-state index is 12.0. The molecule has 0 bridgehead atoms. The molecule has 0 aliphatic heterocycles. The van der Waals surface area contributed by atoms with Gasteiger partial charge in [-0.05, 0) is 43.9 Å². The second kappa shape index (κ2) is 6.37. The zero-order valence-electron chi connectivity index (χ0n) is 12.2. The fourth-order valence-corrected chi connectivity index (χ4v) is 2.80. The second-order valence-corrected chi connectivity index (χ2v) is 6.90. The molecule has 112 valence electrons. The largest absolute Gasteiger partial charge is 0.459 e. The van der Waals surface area contributed by atoms with Crippen LogP contribution in [0.25, 0.3) is 0 Å². The second-order valence-electron chi connectivity index (χ2n) is 5.37. The number of rotatable bonds is 5. The third-order valence-corrected chi connectivity index (χ3v) is 3.89. The van der Waals surface area contributed by atoms with Crippen LogP contribution in [-0.4, -0.2) is 20.5 Å². The molecule has 0 aliphatic rings. The van der Waals surface area contributed by atoms with Crippen LogP contribution in [0, 0.1) is 12.8 Å². The van der Waals surface area contributed by atoms with Crippen molar-refractivity contribution in [2.24, 2.45) is 11.1 Å². The van der Waals surface area contributed by atoms with Crippen LogP contribution in [0.2, 0.25) is 0 Å². The van der Waals surface area contributed by atoms with Crippen LogP contribution in [0.5, 0.6) is 0 Å². The lowest BCUT2D eigenvalue weighted by Gasteiger charge is -2.15. The van der Waals surface area contributed by atoms with Gasteiger partial charge in [-0.2, -0.15) is 0 Å². The average molecular weight is 299 g/mol. The van der Waals surface area contributed by atoms with E-state index in [1.807, 2.05) is 20.8 Å². The van der Waals surface area contributed by atoms with Crippen molar-refractivity contribution >= 4 is 16.0 Å². The van der Waals surface area contributed by atoms with Gasteiger partial charge in [0.1, 0.15) is 0 Å². The van der Waals surface area contributed by atoms with E-state index in [-0.39, 0.29) is 16.6 Å². The van der Waals surface area contributed by atoms with E-state index in [1.54, 1.807) is 13.0 Å². The summed E-state index contributed by atoms with van der Waals surface area (Å²) >= 11 is 0. The van der Waals surface area contributed by atoms with Crippen molar-refractivity contribution in [3.63, 3.8) is 0 Å². The van der Waals surface area contributed by atoms with Gasteiger partial charge in [-0.15, -0.1) is 0 Å². The van der Waals surface area contributed by atoms with E-state index < -0.39 is 16.0 Å². The van der Waals surface area contributed by atoms with Gasteiger partial charge in [0.25, 0.3) is 0 Å². The Kier molecular flexibility index (Phi) is 5.30. The molecule has 2 N–H and O–H groups in total. The van der Waals surface area contributed by atoms with Gasteiger partial charge in [-0.25, -0.2) is 18.4 Å². The molecule has 0 amide bonds. The third kappa shape index (κ3) is 4.61. The number of primary sulfonamides is 1. The maximum Gasteiger partial charge on any atom is 0.338 e. The van der Waals surface area contributed by atoms with Gasteiger partial charge in [0.05, 0.1) is 16.6 Å². The quantitative estimate of drug-likeness (QED) is 0.845. The van der Waals surface area contributed by atoms with Crippen molar-refractivity contribution in [3.05, 3.63) is 29.3 Å². The Hall–Kier alpha value is -1.40. The zero-order valence-corrected chi connectivity index (χ0v) is 13.0. The SMILES string of the molecule is Cc1ccc(C(=O)OC(C)CC(C)C)cc1S(N)(=O)=O. The molecule has 0 heterocycles. The minimum absolute atomic E-state index is 0.0523. The number of carbonyl (C=O) groups excluding carboxylic acids is 1. The Balaban J connectivity index is 2.95. The highest BCUT2D eigenvalue weighted by Gasteiger charge is 2.18. The van der Waals surface area contributed by atoms with Crippen molar-refractivity contribution in [2.45, 2.75) is 45.1 Å². The predicted molar refractivity (Wildman–Crippen MR) is 76.9 cm³/mol. The van der Waals surface area contributed by atoms with Crippen molar-refractivity contribution in [1.29, 1.82) is 0 Å². The molecule has 1 rings (SSSR count). The number of ether oxygens (including phenoxy) is 1. The van der Waals surface area contributed by atoms with Gasteiger partial charge >= 0.3 is 5.97 Å². The molecule has 0 aromatic heterocycles. The van der Waals surface area contributed by atoms with Gasteiger partial charge in [-0.1, -0.05) is 19.9 Å². The van der Waals surface area contributed by atoms with Gasteiger partial charge in [0.15, 0.2) is 0 Å². The molecule has 1 aromatic rings. The minimum Gasteiger partial charge on any atom is -0.459 e. The molecule has 5 nitrogen and oxygen atoms in total. The highest BCUT2D eigenvalue weighted by molar-refractivity contribution is 7.89.